The van der Waals surface area contributed by atoms with Gasteiger partial charge in [-0.25, -0.2) is 4.39 Å². The van der Waals surface area contributed by atoms with E-state index in [1.807, 2.05) is 6.07 Å². The number of benzene rings is 3. The average Bonchev–Trinajstić information content (AvgIpc) is 2.85. The minimum absolute atomic E-state index is 0.187. The Kier molecular flexibility index (Phi) is 9.92. The summed E-state index contributed by atoms with van der Waals surface area (Å²) in [6, 6.07) is 14.9. The first-order chi connectivity index (χ1) is 17.7. The Morgan fingerprint density at radius 3 is 2.38 bits per heavy atom. The molecular weight excluding hydrogens is 588 g/mol. The van der Waals surface area contributed by atoms with Crippen LogP contribution in [0.2, 0.25) is 10.0 Å². The molecule has 0 aliphatic rings. The quantitative estimate of drug-likeness (QED) is 0.205. The molecule has 2 amide bonds. The maximum Gasteiger partial charge on any atom is 0.266 e. The Morgan fingerprint density at radius 1 is 1.03 bits per heavy atom. The lowest BCUT2D eigenvalue weighted by Gasteiger charge is -2.15. The number of hydrogen-bond donors (Lipinski definition) is 2. The number of nitriles is 1. The fourth-order valence-corrected chi connectivity index (χ4v) is 3.90. The first-order valence-corrected chi connectivity index (χ1v) is 12.3. The van der Waals surface area contributed by atoms with Crippen LogP contribution in [0, 0.1) is 17.1 Å². The van der Waals surface area contributed by atoms with E-state index in [9.17, 15) is 19.2 Å². The molecule has 0 atom stereocenters. The Hall–Kier alpha value is -3.58. The number of halogens is 4. The number of rotatable bonds is 9. The molecule has 0 aliphatic carbocycles. The highest BCUT2D eigenvalue weighted by molar-refractivity contribution is 9.10. The molecule has 3 rings (SSSR count). The molecule has 7 nitrogen and oxygen atoms in total. The van der Waals surface area contributed by atoms with Gasteiger partial charge in [0.15, 0.2) is 18.1 Å². The molecule has 0 aromatic heterocycles. The lowest BCUT2D eigenvalue weighted by Crippen LogP contribution is -2.20. The van der Waals surface area contributed by atoms with Gasteiger partial charge in [-0.05, 0) is 89.1 Å². The van der Waals surface area contributed by atoms with Crippen molar-refractivity contribution in [3.63, 3.8) is 0 Å². The second-order valence-corrected chi connectivity index (χ2v) is 9.03. The molecule has 0 bridgehead atoms. The van der Waals surface area contributed by atoms with Crippen molar-refractivity contribution in [3.8, 4) is 17.6 Å². The van der Waals surface area contributed by atoms with Gasteiger partial charge < -0.3 is 20.1 Å². The van der Waals surface area contributed by atoms with E-state index in [0.717, 1.165) is 0 Å². The van der Waals surface area contributed by atoms with Gasteiger partial charge in [0, 0.05) is 11.4 Å². The fraction of sp³-hybridized carbons (Fsp3) is 0.115. The van der Waals surface area contributed by atoms with Gasteiger partial charge in [-0.1, -0.05) is 23.2 Å². The summed E-state index contributed by atoms with van der Waals surface area (Å²) in [6.45, 7) is 1.73. The summed E-state index contributed by atoms with van der Waals surface area (Å²) < 4.78 is 24.9. The molecule has 37 heavy (non-hydrogen) atoms. The van der Waals surface area contributed by atoms with Crippen molar-refractivity contribution in [2.75, 3.05) is 23.8 Å². The third-order valence-electron chi connectivity index (χ3n) is 4.66. The van der Waals surface area contributed by atoms with Crippen LogP contribution >= 0.6 is 39.1 Å². The number of carbonyl (C=O) groups excluding carboxylic acids is 2. The van der Waals surface area contributed by atoms with Gasteiger partial charge in [0.05, 0.1) is 21.1 Å². The zero-order chi connectivity index (χ0) is 26.9. The molecule has 190 valence electrons. The molecule has 11 heteroatoms. The number of amides is 2. The van der Waals surface area contributed by atoms with Gasteiger partial charge in [-0.2, -0.15) is 5.26 Å². The lowest BCUT2D eigenvalue weighted by molar-refractivity contribution is -0.118. The Bertz CT molecular complexity index is 1390. The predicted octanol–water partition coefficient (Wildman–Crippen LogP) is 6.86. The van der Waals surface area contributed by atoms with Crippen molar-refractivity contribution in [2.24, 2.45) is 0 Å². The van der Waals surface area contributed by atoms with Crippen molar-refractivity contribution < 1.29 is 23.5 Å². The van der Waals surface area contributed by atoms with Crippen LogP contribution in [0.5, 0.6) is 11.5 Å². The summed E-state index contributed by atoms with van der Waals surface area (Å²) in [5.41, 5.74) is 1.07. The van der Waals surface area contributed by atoms with Crippen molar-refractivity contribution in [1.82, 2.24) is 0 Å². The van der Waals surface area contributed by atoms with Crippen molar-refractivity contribution in [2.45, 2.75) is 6.92 Å². The molecule has 3 aromatic carbocycles. The zero-order valence-corrected chi connectivity index (χ0v) is 22.4. The van der Waals surface area contributed by atoms with E-state index in [1.165, 1.54) is 36.4 Å². The van der Waals surface area contributed by atoms with Crippen LogP contribution in [0.25, 0.3) is 6.08 Å². The van der Waals surface area contributed by atoms with Crippen LogP contribution in [-0.2, 0) is 9.59 Å². The molecule has 0 saturated carbocycles. The van der Waals surface area contributed by atoms with E-state index in [-0.39, 0.29) is 17.9 Å². The van der Waals surface area contributed by atoms with Crippen molar-refractivity contribution >= 4 is 68.4 Å². The maximum absolute atomic E-state index is 13.1. The molecule has 0 aliphatic heterocycles. The van der Waals surface area contributed by atoms with Gasteiger partial charge in [-0.15, -0.1) is 0 Å². The number of nitrogens with one attached hydrogen (secondary N) is 2. The highest BCUT2D eigenvalue weighted by Gasteiger charge is 2.16. The Labute approximate surface area is 230 Å². The average molecular weight is 607 g/mol. The van der Waals surface area contributed by atoms with Crippen LogP contribution in [0.4, 0.5) is 15.8 Å². The Balaban J connectivity index is 1.76. The molecule has 0 heterocycles. The highest BCUT2D eigenvalue weighted by atomic mass is 79.9. The topological polar surface area (TPSA) is 100 Å². The third-order valence-corrected chi connectivity index (χ3v) is 5.99. The number of nitrogens with zero attached hydrogens (tertiary/aromatic N) is 1. The molecule has 0 spiro atoms. The maximum atomic E-state index is 13.1. The summed E-state index contributed by atoms with van der Waals surface area (Å²) in [5, 5.41) is 15.4. The second kappa shape index (κ2) is 13.1. The molecule has 0 unspecified atom stereocenters. The third kappa shape index (κ3) is 7.95. The van der Waals surface area contributed by atoms with E-state index < -0.39 is 17.6 Å². The standard InChI is InChI=1S/C26H19BrCl2FN3O4/c1-2-36-23-11-15(9-16(13-31)26(35)33-18-5-3-17(30)4-6-18)10-20(27)25(23)37-14-24(34)32-19-7-8-21(28)22(29)12-19/h3-12H,2,14H2,1H3,(H,32,34)(H,33,35)/b16-9+. The Morgan fingerprint density at radius 2 is 1.73 bits per heavy atom. The molecule has 3 aromatic rings. The van der Waals surface area contributed by atoms with Crippen LogP contribution in [0.3, 0.4) is 0 Å². The van der Waals surface area contributed by atoms with Gasteiger partial charge >= 0.3 is 0 Å². The first-order valence-electron chi connectivity index (χ1n) is 10.7. The van der Waals surface area contributed by atoms with E-state index in [1.54, 1.807) is 31.2 Å². The largest absolute Gasteiger partial charge is 0.490 e. The van der Waals surface area contributed by atoms with Crippen LogP contribution in [0.1, 0.15) is 12.5 Å². The number of anilines is 2. The second-order valence-electron chi connectivity index (χ2n) is 7.36. The molecule has 2 N–H and O–H groups in total. The van der Waals surface area contributed by atoms with Crippen LogP contribution < -0.4 is 20.1 Å². The van der Waals surface area contributed by atoms with Crippen molar-refractivity contribution in [3.05, 3.63) is 86.1 Å². The first kappa shape index (κ1) is 28.0. The smallest absolute Gasteiger partial charge is 0.266 e. The summed E-state index contributed by atoms with van der Waals surface area (Å²) in [4.78, 5) is 24.9. The number of hydrogen-bond acceptors (Lipinski definition) is 5. The molecule has 0 fully saturated rings. The van der Waals surface area contributed by atoms with Crippen molar-refractivity contribution in [1.29, 1.82) is 5.26 Å². The van der Waals surface area contributed by atoms with Gasteiger partial charge in [0.25, 0.3) is 11.8 Å². The van der Waals surface area contributed by atoms with E-state index in [2.05, 4.69) is 26.6 Å². The summed E-state index contributed by atoms with van der Waals surface area (Å²) in [7, 11) is 0. The van der Waals surface area contributed by atoms with E-state index in [0.29, 0.717) is 43.8 Å². The van der Waals surface area contributed by atoms with E-state index >= 15 is 0 Å². The number of carbonyl (C=O) groups is 2. The minimum Gasteiger partial charge on any atom is -0.490 e. The van der Waals surface area contributed by atoms with Gasteiger partial charge in [0.1, 0.15) is 17.5 Å². The predicted molar refractivity (Wildman–Crippen MR) is 145 cm³/mol. The van der Waals surface area contributed by atoms with Gasteiger partial charge in [0.2, 0.25) is 0 Å². The summed E-state index contributed by atoms with van der Waals surface area (Å²) in [6.07, 6.45) is 1.37. The monoisotopic (exact) mass is 605 g/mol. The molecular formula is C26H19BrCl2FN3O4. The lowest BCUT2D eigenvalue weighted by atomic mass is 10.1. The molecule has 0 radical (unpaired) electrons. The zero-order valence-electron chi connectivity index (χ0n) is 19.3. The minimum atomic E-state index is -0.664. The normalized spacial score (nSPS) is 10.9. The van der Waals surface area contributed by atoms with Crippen LogP contribution in [0.15, 0.2) is 64.6 Å². The van der Waals surface area contributed by atoms with Crippen LogP contribution in [-0.4, -0.2) is 25.0 Å². The highest BCUT2D eigenvalue weighted by Crippen LogP contribution is 2.37. The summed E-state index contributed by atoms with van der Waals surface area (Å²) >= 11 is 15.3. The number of ether oxygens (including phenoxy) is 2. The fourth-order valence-electron chi connectivity index (χ4n) is 3.03. The molecule has 0 saturated heterocycles. The van der Waals surface area contributed by atoms with Gasteiger partial charge in [-0.3, -0.25) is 9.59 Å². The van der Waals surface area contributed by atoms with E-state index in [4.69, 9.17) is 32.7 Å². The summed E-state index contributed by atoms with van der Waals surface area (Å²) in [5.74, 6) is -1.00. The SMILES string of the molecule is CCOc1cc(/C=C(\C#N)C(=O)Nc2ccc(F)cc2)cc(Br)c1OCC(=O)Nc1ccc(Cl)c(Cl)c1.